The van der Waals surface area contributed by atoms with Crippen LogP contribution in [0.4, 0.5) is 10.5 Å². The van der Waals surface area contributed by atoms with Gasteiger partial charge in [0.1, 0.15) is 5.57 Å². The minimum Gasteiger partial charge on any atom is -0.462 e. The number of anilines is 1. The molecule has 222 valence electrons. The zero-order chi connectivity index (χ0) is 29.2. The lowest BCUT2D eigenvalue weighted by molar-refractivity contribution is -0.134. The van der Waals surface area contributed by atoms with E-state index in [0.29, 0.717) is 17.9 Å². The van der Waals surface area contributed by atoms with Crippen molar-refractivity contribution in [1.82, 2.24) is 9.80 Å². The van der Waals surface area contributed by atoms with Gasteiger partial charge in [-0.1, -0.05) is 103 Å². The van der Waals surface area contributed by atoms with Crippen LogP contribution in [0.3, 0.4) is 0 Å². The quantitative estimate of drug-likeness (QED) is 0.0777. The molecule has 0 bridgehead atoms. The number of nitrogens with one attached hydrogen (secondary N) is 1. The lowest BCUT2D eigenvalue weighted by atomic mass is 10.0. The summed E-state index contributed by atoms with van der Waals surface area (Å²) in [7, 11) is 2.64. The molecule has 1 aliphatic rings. The summed E-state index contributed by atoms with van der Waals surface area (Å²) in [5, 5.41) is 2.88. The Kier molecular flexibility index (Phi) is 15.7. The minimum atomic E-state index is -0.672. The number of amides is 4. The molecule has 2 rings (SSSR count). The van der Waals surface area contributed by atoms with E-state index in [-0.39, 0.29) is 11.5 Å². The smallest absolute Gasteiger partial charge is 0.338 e. The highest BCUT2D eigenvalue weighted by molar-refractivity contribution is 6.28. The molecular formula is C32H49N3O5. The standard InChI is InChI=1S/C32H49N3O5/c1-4-5-6-7-8-9-10-11-12-13-14-15-16-17-18-19-24-40-31(38)26-20-22-27(23-21-26)33-25-28-29(36)34(2)32(39)35(3)30(28)37/h20-23,25,33H,4-19,24H2,1-3H3. The van der Waals surface area contributed by atoms with Gasteiger partial charge in [-0.2, -0.15) is 0 Å². The first-order valence-corrected chi connectivity index (χ1v) is 15.2. The molecule has 8 nitrogen and oxygen atoms in total. The van der Waals surface area contributed by atoms with E-state index in [1.165, 1.54) is 110 Å². The maximum Gasteiger partial charge on any atom is 0.338 e. The number of carbonyl (C=O) groups is 4. The van der Waals surface area contributed by atoms with Gasteiger partial charge in [0.05, 0.1) is 12.2 Å². The highest BCUT2D eigenvalue weighted by Crippen LogP contribution is 2.17. The number of esters is 1. The molecule has 1 saturated heterocycles. The van der Waals surface area contributed by atoms with Crippen LogP contribution >= 0.6 is 0 Å². The average molecular weight is 556 g/mol. The van der Waals surface area contributed by atoms with Gasteiger partial charge < -0.3 is 10.1 Å². The van der Waals surface area contributed by atoms with Crippen LogP contribution in [0, 0.1) is 0 Å². The average Bonchev–Trinajstić information content (AvgIpc) is 2.96. The Balaban J connectivity index is 1.52. The van der Waals surface area contributed by atoms with Crippen LogP contribution in [0.1, 0.15) is 120 Å². The molecule has 0 radical (unpaired) electrons. The molecule has 1 N–H and O–H groups in total. The Labute approximate surface area is 240 Å². The monoisotopic (exact) mass is 555 g/mol. The lowest BCUT2D eigenvalue weighted by Gasteiger charge is -2.28. The lowest BCUT2D eigenvalue weighted by Crippen LogP contribution is -2.53. The number of ether oxygens (including phenoxy) is 1. The summed E-state index contributed by atoms with van der Waals surface area (Å²) in [6, 6.07) is 5.92. The van der Waals surface area contributed by atoms with E-state index in [1.54, 1.807) is 24.3 Å². The molecule has 0 aliphatic carbocycles. The van der Waals surface area contributed by atoms with Crippen molar-refractivity contribution in [3.8, 4) is 0 Å². The SMILES string of the molecule is CCCCCCCCCCCCCCCCCCOC(=O)c1ccc(NC=C2C(=O)N(C)C(=O)N(C)C2=O)cc1. The second-order valence-corrected chi connectivity index (χ2v) is 10.7. The number of nitrogens with zero attached hydrogens (tertiary/aromatic N) is 2. The third-order valence-corrected chi connectivity index (χ3v) is 7.38. The van der Waals surface area contributed by atoms with Crippen molar-refractivity contribution in [3.63, 3.8) is 0 Å². The third-order valence-electron chi connectivity index (χ3n) is 7.38. The summed E-state index contributed by atoms with van der Waals surface area (Å²) in [6.07, 6.45) is 22.1. The van der Waals surface area contributed by atoms with Gasteiger partial charge in [0, 0.05) is 26.0 Å². The molecule has 0 unspecified atom stereocenters. The summed E-state index contributed by atoms with van der Waals surface area (Å²) in [5.41, 5.74) is 0.876. The van der Waals surface area contributed by atoms with Crippen molar-refractivity contribution in [2.75, 3.05) is 26.0 Å². The summed E-state index contributed by atoms with van der Waals surface area (Å²) in [4.78, 5) is 50.4. The first-order chi connectivity index (χ1) is 19.4. The van der Waals surface area contributed by atoms with Crippen molar-refractivity contribution >= 4 is 29.5 Å². The van der Waals surface area contributed by atoms with E-state index in [2.05, 4.69) is 12.2 Å². The maximum atomic E-state index is 12.3. The Morgan fingerprint density at radius 2 is 1.12 bits per heavy atom. The van der Waals surface area contributed by atoms with Gasteiger partial charge in [-0.25, -0.2) is 9.59 Å². The van der Waals surface area contributed by atoms with Crippen molar-refractivity contribution in [2.24, 2.45) is 0 Å². The molecule has 1 heterocycles. The molecule has 0 spiro atoms. The highest BCUT2D eigenvalue weighted by Gasteiger charge is 2.37. The van der Waals surface area contributed by atoms with Crippen LogP contribution in [-0.4, -0.2) is 54.3 Å². The van der Waals surface area contributed by atoms with Crippen LogP contribution < -0.4 is 5.32 Å². The molecule has 1 aliphatic heterocycles. The summed E-state index contributed by atoms with van der Waals surface area (Å²) in [5.74, 6) is -1.71. The number of hydrogen-bond donors (Lipinski definition) is 1. The molecule has 8 heteroatoms. The number of imide groups is 2. The van der Waals surface area contributed by atoms with Gasteiger partial charge in [0.15, 0.2) is 0 Å². The van der Waals surface area contributed by atoms with E-state index in [9.17, 15) is 19.2 Å². The third kappa shape index (κ3) is 11.5. The Hall–Kier alpha value is -3.16. The number of urea groups is 1. The molecule has 0 saturated carbocycles. The summed E-state index contributed by atoms with van der Waals surface area (Å²) >= 11 is 0. The summed E-state index contributed by atoms with van der Waals surface area (Å²) in [6.45, 7) is 2.68. The van der Waals surface area contributed by atoms with Crippen LogP contribution in [0.15, 0.2) is 36.0 Å². The van der Waals surface area contributed by atoms with Crippen LogP contribution in [-0.2, 0) is 14.3 Å². The molecule has 40 heavy (non-hydrogen) atoms. The van der Waals surface area contributed by atoms with Gasteiger partial charge >= 0.3 is 12.0 Å². The van der Waals surface area contributed by atoms with Crippen LogP contribution in [0.5, 0.6) is 0 Å². The van der Waals surface area contributed by atoms with E-state index in [0.717, 1.165) is 22.6 Å². The van der Waals surface area contributed by atoms with Gasteiger partial charge in [-0.3, -0.25) is 19.4 Å². The fourth-order valence-electron chi connectivity index (χ4n) is 4.73. The molecule has 0 atom stereocenters. The molecule has 1 aromatic rings. The van der Waals surface area contributed by atoms with E-state index >= 15 is 0 Å². The molecular weight excluding hydrogens is 506 g/mol. The zero-order valence-corrected chi connectivity index (χ0v) is 24.8. The molecule has 4 amide bonds. The zero-order valence-electron chi connectivity index (χ0n) is 24.8. The maximum absolute atomic E-state index is 12.3. The first-order valence-electron chi connectivity index (χ1n) is 15.2. The van der Waals surface area contributed by atoms with E-state index in [1.807, 2.05) is 0 Å². The van der Waals surface area contributed by atoms with Crippen molar-refractivity contribution in [3.05, 3.63) is 41.6 Å². The Morgan fingerprint density at radius 1 is 0.700 bits per heavy atom. The van der Waals surface area contributed by atoms with Gasteiger partial charge in [-0.05, 0) is 30.7 Å². The number of benzene rings is 1. The number of hydrogen-bond acceptors (Lipinski definition) is 6. The normalized spacial score (nSPS) is 13.7. The number of rotatable bonds is 20. The predicted molar refractivity (Wildman–Crippen MR) is 159 cm³/mol. The van der Waals surface area contributed by atoms with Crippen molar-refractivity contribution in [1.29, 1.82) is 0 Å². The fraction of sp³-hybridized carbons (Fsp3) is 0.625. The molecule has 1 fully saturated rings. The largest absolute Gasteiger partial charge is 0.462 e. The molecule has 1 aromatic carbocycles. The van der Waals surface area contributed by atoms with Gasteiger partial charge in [0.2, 0.25) is 0 Å². The fourth-order valence-corrected chi connectivity index (χ4v) is 4.73. The van der Waals surface area contributed by atoms with Gasteiger partial charge in [-0.15, -0.1) is 0 Å². The molecule has 0 aromatic heterocycles. The van der Waals surface area contributed by atoms with Crippen LogP contribution in [0.25, 0.3) is 0 Å². The van der Waals surface area contributed by atoms with Crippen molar-refractivity contribution < 1.29 is 23.9 Å². The second-order valence-electron chi connectivity index (χ2n) is 10.7. The van der Waals surface area contributed by atoms with E-state index in [4.69, 9.17) is 4.74 Å². The Morgan fingerprint density at radius 3 is 1.57 bits per heavy atom. The van der Waals surface area contributed by atoms with Crippen molar-refractivity contribution in [2.45, 2.75) is 110 Å². The van der Waals surface area contributed by atoms with Crippen LogP contribution in [0.2, 0.25) is 0 Å². The number of barbiturate groups is 1. The highest BCUT2D eigenvalue weighted by atomic mass is 16.5. The number of carbonyl (C=O) groups excluding carboxylic acids is 4. The first kappa shape index (κ1) is 33.0. The Bertz CT molecular complexity index is 947. The summed E-state index contributed by atoms with van der Waals surface area (Å²) < 4.78 is 5.40. The number of likely N-dealkylation sites (N-methyl/N-ethyl adjacent to an activating group) is 2. The topological polar surface area (TPSA) is 96.0 Å². The second kappa shape index (κ2) is 19.0. The minimum absolute atomic E-state index is 0.146. The number of unbranched alkanes of at least 4 members (excludes halogenated alkanes) is 15. The van der Waals surface area contributed by atoms with Gasteiger partial charge in [0.25, 0.3) is 11.8 Å². The predicted octanol–water partition coefficient (Wildman–Crippen LogP) is 7.45. The van der Waals surface area contributed by atoms with E-state index < -0.39 is 17.8 Å².